The Balaban J connectivity index is 2.89. The van der Waals surface area contributed by atoms with Crippen molar-refractivity contribution in [1.82, 2.24) is 0 Å². The van der Waals surface area contributed by atoms with Crippen LogP contribution < -0.4 is 15.2 Å². The van der Waals surface area contributed by atoms with Crippen LogP contribution in [0.15, 0.2) is 18.2 Å². The summed E-state index contributed by atoms with van der Waals surface area (Å²) in [5.41, 5.74) is 6.63. The second-order valence-corrected chi connectivity index (χ2v) is 9.68. The second kappa shape index (κ2) is 13.8. The van der Waals surface area contributed by atoms with Crippen molar-refractivity contribution < 1.29 is 38.1 Å². The first-order chi connectivity index (χ1) is 16.2. The van der Waals surface area contributed by atoms with E-state index < -0.39 is 42.1 Å². The number of esters is 4. The van der Waals surface area contributed by atoms with E-state index in [1.54, 1.807) is 47.6 Å². The highest BCUT2D eigenvalue weighted by atomic mass is 16.6. The summed E-state index contributed by atoms with van der Waals surface area (Å²) in [7, 11) is 0. The van der Waals surface area contributed by atoms with E-state index in [1.165, 1.54) is 12.1 Å². The number of carbonyl (C=O) groups excluding carboxylic acids is 4. The van der Waals surface area contributed by atoms with Crippen LogP contribution in [-0.4, -0.2) is 42.1 Å². The van der Waals surface area contributed by atoms with Crippen LogP contribution in [0.2, 0.25) is 0 Å². The molecular formula is C26H39NO8. The van der Waals surface area contributed by atoms with Gasteiger partial charge < -0.3 is 24.7 Å². The van der Waals surface area contributed by atoms with Gasteiger partial charge in [0.25, 0.3) is 0 Å². The summed E-state index contributed by atoms with van der Waals surface area (Å²) < 4.78 is 21.5. The molecule has 1 rings (SSSR count). The Bertz CT molecular complexity index is 893. The molecule has 2 N–H and O–H groups in total. The molecule has 9 nitrogen and oxygen atoms in total. The van der Waals surface area contributed by atoms with E-state index in [2.05, 4.69) is 0 Å². The third kappa shape index (κ3) is 10.5. The lowest BCUT2D eigenvalue weighted by atomic mass is 10.1. The highest BCUT2D eigenvalue weighted by Crippen LogP contribution is 2.30. The number of hydrogen-bond acceptors (Lipinski definition) is 9. The van der Waals surface area contributed by atoms with Crippen LogP contribution >= 0.6 is 0 Å². The van der Waals surface area contributed by atoms with Crippen LogP contribution in [0.4, 0.5) is 0 Å². The van der Waals surface area contributed by atoms with Crippen molar-refractivity contribution in [2.24, 2.45) is 23.5 Å². The van der Waals surface area contributed by atoms with Gasteiger partial charge in [0.05, 0.1) is 11.8 Å². The standard InChI is InChI=1S/C26H39NO8/c1-14(2)11-23(28)32-17(7)18(8)33-26(31)20(27)12-19-9-10-21(34-24(29)15(3)4)22(13-19)35-25(30)16(5)6/h9-10,13-18,20H,11-12,27H2,1-8H3/t17-,18-,20-/m0/s1. The van der Waals surface area contributed by atoms with Crippen LogP contribution in [0.25, 0.3) is 0 Å². The monoisotopic (exact) mass is 493 g/mol. The van der Waals surface area contributed by atoms with Gasteiger partial charge in [-0.1, -0.05) is 47.6 Å². The molecule has 9 heteroatoms. The highest BCUT2D eigenvalue weighted by molar-refractivity contribution is 5.78. The molecule has 0 radical (unpaired) electrons. The summed E-state index contributed by atoms with van der Waals surface area (Å²) >= 11 is 0. The molecule has 0 fully saturated rings. The van der Waals surface area contributed by atoms with Gasteiger partial charge in [-0.05, 0) is 43.9 Å². The quantitative estimate of drug-likeness (QED) is 0.343. The Labute approximate surface area is 207 Å². The van der Waals surface area contributed by atoms with Gasteiger partial charge in [-0.15, -0.1) is 0 Å². The molecule has 0 amide bonds. The molecule has 0 bridgehead atoms. The lowest BCUT2D eigenvalue weighted by molar-refractivity contribution is -0.166. The summed E-state index contributed by atoms with van der Waals surface area (Å²) in [4.78, 5) is 48.6. The van der Waals surface area contributed by atoms with Gasteiger partial charge in [-0.25, -0.2) is 0 Å². The normalized spacial score (nSPS) is 13.8. The second-order valence-electron chi connectivity index (χ2n) is 9.68. The van der Waals surface area contributed by atoms with Crippen molar-refractivity contribution in [3.8, 4) is 11.5 Å². The molecule has 0 saturated carbocycles. The molecule has 35 heavy (non-hydrogen) atoms. The molecule has 3 atom stereocenters. The minimum absolute atomic E-state index is 0.0647. The Kier molecular flexibility index (Phi) is 11.9. The third-order valence-electron chi connectivity index (χ3n) is 4.99. The first-order valence-corrected chi connectivity index (χ1v) is 11.9. The van der Waals surface area contributed by atoms with Crippen molar-refractivity contribution in [2.45, 2.75) is 86.5 Å². The maximum Gasteiger partial charge on any atom is 0.323 e. The van der Waals surface area contributed by atoms with Crippen molar-refractivity contribution in [3.63, 3.8) is 0 Å². The SMILES string of the molecule is CC(C)CC(=O)O[C@@H](C)[C@H](C)OC(=O)[C@@H](N)Cc1ccc(OC(=O)C(C)C)c(OC(=O)C(C)C)c1. The number of hydrogen-bond donors (Lipinski definition) is 1. The van der Waals surface area contributed by atoms with E-state index in [-0.39, 0.29) is 42.1 Å². The van der Waals surface area contributed by atoms with Gasteiger partial charge in [-0.2, -0.15) is 0 Å². The van der Waals surface area contributed by atoms with Crippen LogP contribution in [0.3, 0.4) is 0 Å². The fourth-order valence-corrected chi connectivity index (χ4v) is 2.68. The molecule has 1 aromatic carbocycles. The molecule has 0 spiro atoms. The highest BCUT2D eigenvalue weighted by Gasteiger charge is 2.25. The maximum absolute atomic E-state index is 12.5. The molecule has 196 valence electrons. The van der Waals surface area contributed by atoms with E-state index in [4.69, 9.17) is 24.7 Å². The summed E-state index contributed by atoms with van der Waals surface area (Å²) in [6.07, 6.45) is -0.964. The average Bonchev–Trinajstić information content (AvgIpc) is 2.74. The Morgan fingerprint density at radius 3 is 1.77 bits per heavy atom. The first-order valence-electron chi connectivity index (χ1n) is 11.9. The smallest absolute Gasteiger partial charge is 0.323 e. The predicted molar refractivity (Wildman–Crippen MR) is 130 cm³/mol. The maximum atomic E-state index is 12.5. The van der Waals surface area contributed by atoms with E-state index >= 15 is 0 Å². The van der Waals surface area contributed by atoms with Crippen molar-refractivity contribution in [3.05, 3.63) is 23.8 Å². The predicted octanol–water partition coefficient (Wildman–Crippen LogP) is 3.59. The lowest BCUT2D eigenvalue weighted by Gasteiger charge is -2.23. The van der Waals surface area contributed by atoms with Gasteiger partial charge in [-0.3, -0.25) is 19.2 Å². The molecule has 0 saturated heterocycles. The van der Waals surface area contributed by atoms with Crippen LogP contribution in [0, 0.1) is 17.8 Å². The van der Waals surface area contributed by atoms with Gasteiger partial charge in [0, 0.05) is 6.42 Å². The number of carbonyl (C=O) groups is 4. The van der Waals surface area contributed by atoms with Gasteiger partial charge in [0.15, 0.2) is 11.5 Å². The summed E-state index contributed by atoms with van der Waals surface area (Å²) in [6, 6.07) is 3.61. The number of benzene rings is 1. The number of rotatable bonds is 12. The molecule has 0 aliphatic carbocycles. The minimum atomic E-state index is -1.02. The molecular weight excluding hydrogens is 454 g/mol. The van der Waals surface area contributed by atoms with Crippen molar-refractivity contribution >= 4 is 23.9 Å². The van der Waals surface area contributed by atoms with Crippen LogP contribution in [0.1, 0.15) is 67.4 Å². The fourth-order valence-electron chi connectivity index (χ4n) is 2.68. The van der Waals surface area contributed by atoms with Crippen LogP contribution in [0.5, 0.6) is 11.5 Å². The minimum Gasteiger partial charge on any atom is -0.459 e. The van der Waals surface area contributed by atoms with Gasteiger partial charge in [0.2, 0.25) is 0 Å². The van der Waals surface area contributed by atoms with Crippen LogP contribution in [-0.2, 0) is 35.1 Å². The summed E-state index contributed by atoms with van der Waals surface area (Å²) in [5, 5.41) is 0. The topological polar surface area (TPSA) is 131 Å². The van der Waals surface area contributed by atoms with Gasteiger partial charge >= 0.3 is 23.9 Å². The summed E-state index contributed by atoms with van der Waals surface area (Å²) in [6.45, 7) is 13.8. The zero-order chi connectivity index (χ0) is 26.9. The fraction of sp³-hybridized carbons (Fsp3) is 0.615. The first kappa shape index (κ1) is 30.1. The zero-order valence-corrected chi connectivity index (χ0v) is 22.0. The lowest BCUT2D eigenvalue weighted by Crippen LogP contribution is -2.39. The van der Waals surface area contributed by atoms with E-state index in [0.29, 0.717) is 5.56 Å². The molecule has 1 aromatic rings. The largest absolute Gasteiger partial charge is 0.459 e. The van der Waals surface area contributed by atoms with E-state index in [9.17, 15) is 19.2 Å². The number of nitrogens with two attached hydrogens (primary N) is 1. The molecule has 0 heterocycles. The Morgan fingerprint density at radius 2 is 1.26 bits per heavy atom. The zero-order valence-electron chi connectivity index (χ0n) is 22.0. The van der Waals surface area contributed by atoms with Crippen molar-refractivity contribution in [1.29, 1.82) is 0 Å². The molecule has 0 unspecified atom stereocenters. The molecule has 0 aliphatic rings. The van der Waals surface area contributed by atoms with Gasteiger partial charge in [0.1, 0.15) is 18.2 Å². The average molecular weight is 494 g/mol. The Hall–Kier alpha value is -2.94. The number of ether oxygens (including phenoxy) is 4. The summed E-state index contributed by atoms with van der Waals surface area (Å²) in [5.74, 6) is -2.45. The Morgan fingerprint density at radius 1 is 0.743 bits per heavy atom. The molecule has 0 aliphatic heterocycles. The molecule has 0 aromatic heterocycles. The van der Waals surface area contributed by atoms with E-state index in [0.717, 1.165) is 0 Å². The third-order valence-corrected chi connectivity index (χ3v) is 4.99. The van der Waals surface area contributed by atoms with E-state index in [1.807, 2.05) is 13.8 Å². The van der Waals surface area contributed by atoms with Crippen molar-refractivity contribution in [2.75, 3.05) is 0 Å².